The highest BCUT2D eigenvalue weighted by Crippen LogP contribution is 2.31. The molecule has 2 amide bonds. The topological polar surface area (TPSA) is 42.0 Å². The second kappa shape index (κ2) is 5.29. The van der Waals surface area contributed by atoms with E-state index in [1.807, 2.05) is 9.80 Å². The average Bonchev–Trinajstić information content (AvgIpc) is 2.87. The first-order chi connectivity index (χ1) is 9.19. The van der Waals surface area contributed by atoms with Gasteiger partial charge in [0, 0.05) is 26.1 Å². The van der Waals surface area contributed by atoms with E-state index in [0.29, 0.717) is 19.8 Å². The number of amides is 2. The molecule has 0 radical (unpaired) electrons. The van der Waals surface area contributed by atoms with E-state index >= 15 is 0 Å². The Hall–Kier alpha value is -0.810. The molecule has 0 bridgehead atoms. The number of urea groups is 1. The van der Waals surface area contributed by atoms with Crippen molar-refractivity contribution in [3.63, 3.8) is 0 Å². The Morgan fingerprint density at radius 1 is 1.11 bits per heavy atom. The van der Waals surface area contributed by atoms with E-state index in [2.05, 4.69) is 6.92 Å². The lowest BCUT2D eigenvalue weighted by Crippen LogP contribution is -2.55. The Morgan fingerprint density at radius 2 is 1.79 bits per heavy atom. The van der Waals surface area contributed by atoms with Gasteiger partial charge < -0.3 is 19.3 Å². The molecule has 3 fully saturated rings. The predicted octanol–water partition coefficient (Wildman–Crippen LogP) is 1.68. The summed E-state index contributed by atoms with van der Waals surface area (Å²) in [6.07, 6.45) is 4.12. The lowest BCUT2D eigenvalue weighted by molar-refractivity contribution is -0.183. The minimum absolute atomic E-state index is 0.171. The van der Waals surface area contributed by atoms with Gasteiger partial charge in [0.1, 0.15) is 0 Å². The highest BCUT2D eigenvalue weighted by atomic mass is 16.7. The van der Waals surface area contributed by atoms with Gasteiger partial charge in [-0.2, -0.15) is 0 Å². The normalized spacial score (nSPS) is 28.1. The van der Waals surface area contributed by atoms with E-state index in [9.17, 15) is 4.79 Å². The van der Waals surface area contributed by atoms with Crippen molar-refractivity contribution in [1.29, 1.82) is 0 Å². The molecule has 3 rings (SSSR count). The highest BCUT2D eigenvalue weighted by molar-refractivity contribution is 5.74. The van der Waals surface area contributed by atoms with Gasteiger partial charge in [0.15, 0.2) is 5.79 Å². The first kappa shape index (κ1) is 13.2. The van der Waals surface area contributed by atoms with Crippen molar-refractivity contribution in [2.24, 2.45) is 5.92 Å². The summed E-state index contributed by atoms with van der Waals surface area (Å²) in [7, 11) is 0. The smallest absolute Gasteiger partial charge is 0.320 e. The summed E-state index contributed by atoms with van der Waals surface area (Å²) >= 11 is 0. The van der Waals surface area contributed by atoms with Crippen molar-refractivity contribution in [2.45, 2.75) is 38.4 Å². The number of rotatable bonds is 0. The Balaban J connectivity index is 1.60. The van der Waals surface area contributed by atoms with Crippen LogP contribution in [0.5, 0.6) is 0 Å². The molecular weight excluding hydrogens is 244 g/mol. The average molecular weight is 268 g/mol. The molecule has 0 unspecified atom stereocenters. The van der Waals surface area contributed by atoms with Crippen LogP contribution in [-0.4, -0.2) is 61.0 Å². The second-order valence-electron chi connectivity index (χ2n) is 6.08. The molecule has 0 atom stereocenters. The van der Waals surface area contributed by atoms with Crippen LogP contribution < -0.4 is 0 Å². The largest absolute Gasteiger partial charge is 0.346 e. The zero-order chi connectivity index (χ0) is 13.3. The predicted molar refractivity (Wildman–Crippen MR) is 70.8 cm³/mol. The molecule has 3 aliphatic heterocycles. The number of hydrogen-bond acceptors (Lipinski definition) is 3. The van der Waals surface area contributed by atoms with Gasteiger partial charge in [-0.25, -0.2) is 4.79 Å². The van der Waals surface area contributed by atoms with Crippen LogP contribution in [0.2, 0.25) is 0 Å². The fraction of sp³-hybridized carbons (Fsp3) is 0.929. The van der Waals surface area contributed by atoms with E-state index in [1.165, 1.54) is 0 Å². The van der Waals surface area contributed by atoms with Crippen LogP contribution in [0, 0.1) is 5.92 Å². The molecule has 0 saturated carbocycles. The second-order valence-corrected chi connectivity index (χ2v) is 6.08. The number of hydrogen-bond donors (Lipinski definition) is 0. The Bertz CT molecular complexity index is 334. The SMILES string of the molecule is CC1CCN(C(=O)N2CCCC3(C2)OCCO3)CC1. The van der Waals surface area contributed by atoms with Crippen LogP contribution in [0.25, 0.3) is 0 Å². The molecule has 3 heterocycles. The fourth-order valence-corrected chi connectivity index (χ4v) is 3.28. The van der Waals surface area contributed by atoms with Gasteiger partial charge in [-0.3, -0.25) is 0 Å². The molecule has 0 N–H and O–H groups in total. The highest BCUT2D eigenvalue weighted by Gasteiger charge is 2.43. The van der Waals surface area contributed by atoms with E-state index in [-0.39, 0.29) is 6.03 Å². The van der Waals surface area contributed by atoms with Crippen LogP contribution in [0.1, 0.15) is 32.6 Å². The summed E-state index contributed by atoms with van der Waals surface area (Å²) in [6, 6.07) is 0.171. The summed E-state index contributed by atoms with van der Waals surface area (Å²) in [5, 5.41) is 0. The maximum atomic E-state index is 12.5. The molecule has 5 heteroatoms. The molecule has 0 aliphatic carbocycles. The van der Waals surface area contributed by atoms with E-state index in [0.717, 1.165) is 51.2 Å². The Morgan fingerprint density at radius 3 is 2.47 bits per heavy atom. The van der Waals surface area contributed by atoms with Gasteiger partial charge in [-0.15, -0.1) is 0 Å². The third-order valence-corrected chi connectivity index (χ3v) is 4.56. The minimum Gasteiger partial charge on any atom is -0.346 e. The number of carbonyl (C=O) groups is 1. The third-order valence-electron chi connectivity index (χ3n) is 4.56. The van der Waals surface area contributed by atoms with Gasteiger partial charge in [0.25, 0.3) is 0 Å². The zero-order valence-corrected chi connectivity index (χ0v) is 11.8. The summed E-state index contributed by atoms with van der Waals surface area (Å²) in [5.74, 6) is 0.245. The zero-order valence-electron chi connectivity index (χ0n) is 11.8. The van der Waals surface area contributed by atoms with Gasteiger partial charge in [-0.05, 0) is 25.2 Å². The van der Waals surface area contributed by atoms with Gasteiger partial charge in [0.05, 0.1) is 19.8 Å². The monoisotopic (exact) mass is 268 g/mol. The summed E-state index contributed by atoms with van der Waals surface area (Å²) in [5.41, 5.74) is 0. The first-order valence-corrected chi connectivity index (χ1v) is 7.50. The Kier molecular flexibility index (Phi) is 3.67. The van der Waals surface area contributed by atoms with E-state index in [1.54, 1.807) is 0 Å². The third kappa shape index (κ3) is 2.72. The number of likely N-dealkylation sites (tertiary alicyclic amines) is 2. The van der Waals surface area contributed by atoms with Crippen LogP contribution >= 0.6 is 0 Å². The molecule has 108 valence electrons. The molecule has 19 heavy (non-hydrogen) atoms. The molecule has 3 aliphatic rings. The number of piperidine rings is 2. The number of carbonyl (C=O) groups excluding carboxylic acids is 1. The Labute approximate surface area is 114 Å². The van der Waals surface area contributed by atoms with Crippen molar-refractivity contribution in [1.82, 2.24) is 9.80 Å². The molecule has 1 spiro atoms. The van der Waals surface area contributed by atoms with Crippen LogP contribution in [0.3, 0.4) is 0 Å². The summed E-state index contributed by atoms with van der Waals surface area (Å²) in [4.78, 5) is 16.5. The number of ether oxygens (including phenoxy) is 2. The molecule has 5 nitrogen and oxygen atoms in total. The summed E-state index contributed by atoms with van der Waals surface area (Å²) in [6.45, 7) is 6.79. The van der Waals surface area contributed by atoms with Crippen LogP contribution in [0.4, 0.5) is 4.79 Å². The maximum Gasteiger partial charge on any atom is 0.320 e. The molecular formula is C14H24N2O3. The molecule has 0 aromatic carbocycles. The lowest BCUT2D eigenvalue weighted by atomic mass is 9.99. The fourth-order valence-electron chi connectivity index (χ4n) is 3.28. The van der Waals surface area contributed by atoms with E-state index in [4.69, 9.17) is 9.47 Å². The van der Waals surface area contributed by atoms with E-state index < -0.39 is 5.79 Å². The molecule has 3 saturated heterocycles. The van der Waals surface area contributed by atoms with Crippen molar-refractivity contribution >= 4 is 6.03 Å². The molecule has 0 aromatic rings. The van der Waals surface area contributed by atoms with Crippen molar-refractivity contribution in [3.8, 4) is 0 Å². The lowest BCUT2D eigenvalue weighted by Gasteiger charge is -2.41. The quantitative estimate of drug-likeness (QED) is 0.671. The maximum absolute atomic E-state index is 12.5. The molecule has 0 aromatic heterocycles. The minimum atomic E-state index is -0.503. The number of nitrogens with zero attached hydrogens (tertiary/aromatic N) is 2. The van der Waals surface area contributed by atoms with Crippen LogP contribution in [-0.2, 0) is 9.47 Å². The summed E-state index contributed by atoms with van der Waals surface area (Å²) < 4.78 is 11.5. The standard InChI is InChI=1S/C14H24N2O3/c1-12-3-7-15(8-4-12)13(17)16-6-2-5-14(11-16)18-9-10-19-14/h12H,2-11H2,1H3. The van der Waals surface area contributed by atoms with Gasteiger partial charge >= 0.3 is 6.03 Å². The van der Waals surface area contributed by atoms with Crippen LogP contribution in [0.15, 0.2) is 0 Å². The van der Waals surface area contributed by atoms with Crippen molar-refractivity contribution in [3.05, 3.63) is 0 Å². The van der Waals surface area contributed by atoms with Gasteiger partial charge in [0.2, 0.25) is 0 Å². The van der Waals surface area contributed by atoms with Crippen molar-refractivity contribution < 1.29 is 14.3 Å². The van der Waals surface area contributed by atoms with Crippen molar-refractivity contribution in [2.75, 3.05) is 39.4 Å². The first-order valence-electron chi connectivity index (χ1n) is 7.50. The van der Waals surface area contributed by atoms with Gasteiger partial charge in [-0.1, -0.05) is 6.92 Å².